The molecule has 0 saturated heterocycles. The van der Waals surface area contributed by atoms with Gasteiger partial charge < -0.3 is 0 Å². The summed E-state index contributed by atoms with van der Waals surface area (Å²) in [5.74, 6) is -1.42. The summed E-state index contributed by atoms with van der Waals surface area (Å²) in [7, 11) is 0. The minimum atomic E-state index is -0.708. The summed E-state index contributed by atoms with van der Waals surface area (Å²) in [4.78, 5) is 10.3. The van der Waals surface area contributed by atoms with E-state index in [1.165, 1.54) is 11.3 Å². The number of carbonyl (C=O) groups excluding carboxylic acids is 1. The monoisotopic (exact) mass is 256 g/mol. The van der Waals surface area contributed by atoms with E-state index in [1.807, 2.05) is 11.4 Å². The molecule has 16 heavy (non-hydrogen) atoms. The Kier molecular flexibility index (Phi) is 3.36. The van der Waals surface area contributed by atoms with Gasteiger partial charge in [0, 0.05) is 5.56 Å². The van der Waals surface area contributed by atoms with Gasteiger partial charge in [-0.1, -0.05) is 17.8 Å². The lowest BCUT2D eigenvalue weighted by atomic mass is 10.2. The van der Waals surface area contributed by atoms with Gasteiger partial charge in [-0.25, -0.2) is 8.78 Å². The van der Waals surface area contributed by atoms with Crippen LogP contribution in [0.15, 0.2) is 38.8 Å². The maximum absolute atomic E-state index is 13.5. The third-order valence-electron chi connectivity index (χ3n) is 1.85. The molecule has 5 heteroatoms. The van der Waals surface area contributed by atoms with Crippen molar-refractivity contribution in [1.82, 2.24) is 0 Å². The number of carbonyl (C=O) groups is 1. The summed E-state index contributed by atoms with van der Waals surface area (Å²) >= 11 is 2.42. The first-order chi connectivity index (χ1) is 7.70. The van der Waals surface area contributed by atoms with Gasteiger partial charge in [-0.15, -0.1) is 11.3 Å². The molecule has 82 valence electrons. The average Bonchev–Trinajstić information content (AvgIpc) is 2.75. The fourth-order valence-corrected chi connectivity index (χ4v) is 2.89. The van der Waals surface area contributed by atoms with Crippen LogP contribution in [0.2, 0.25) is 0 Å². The molecule has 0 unspecified atom stereocenters. The number of halogens is 2. The van der Waals surface area contributed by atoms with E-state index in [-0.39, 0.29) is 10.5 Å². The number of hydrogen-bond acceptors (Lipinski definition) is 3. The molecular formula is C11H6F2OS2. The number of hydrogen-bond donors (Lipinski definition) is 0. The highest BCUT2D eigenvalue weighted by Gasteiger charge is 2.12. The summed E-state index contributed by atoms with van der Waals surface area (Å²) < 4.78 is 27.8. The van der Waals surface area contributed by atoms with Crippen LogP contribution in [0.4, 0.5) is 8.78 Å². The summed E-state index contributed by atoms with van der Waals surface area (Å²) in [5.41, 5.74) is 0.00512. The SMILES string of the molecule is O=Cc1cc(F)c(Sc2cccs2)c(F)c1. The highest BCUT2D eigenvalue weighted by molar-refractivity contribution is 8.01. The van der Waals surface area contributed by atoms with E-state index in [4.69, 9.17) is 0 Å². The first kappa shape index (κ1) is 11.3. The van der Waals surface area contributed by atoms with Crippen molar-refractivity contribution in [3.05, 3.63) is 46.8 Å². The number of rotatable bonds is 3. The van der Waals surface area contributed by atoms with Crippen molar-refractivity contribution in [2.75, 3.05) is 0 Å². The van der Waals surface area contributed by atoms with Crippen molar-refractivity contribution in [2.45, 2.75) is 9.10 Å². The Morgan fingerprint density at radius 2 is 1.94 bits per heavy atom. The molecule has 0 aliphatic rings. The fourth-order valence-electron chi connectivity index (χ4n) is 1.17. The molecule has 0 fully saturated rings. The zero-order chi connectivity index (χ0) is 11.5. The molecule has 2 rings (SSSR count). The first-order valence-electron chi connectivity index (χ1n) is 4.36. The zero-order valence-electron chi connectivity index (χ0n) is 7.94. The summed E-state index contributed by atoms with van der Waals surface area (Å²) in [5, 5.41) is 1.83. The molecule has 0 amide bonds. The molecule has 0 aliphatic heterocycles. The number of thiophene rings is 1. The molecule has 1 aromatic heterocycles. The second kappa shape index (κ2) is 4.76. The Labute approximate surface area is 99.1 Å². The topological polar surface area (TPSA) is 17.1 Å². The van der Waals surface area contributed by atoms with Crippen molar-refractivity contribution in [3.8, 4) is 0 Å². The van der Waals surface area contributed by atoms with Crippen LogP contribution in [0, 0.1) is 11.6 Å². The van der Waals surface area contributed by atoms with E-state index in [0.717, 1.165) is 28.1 Å². The molecule has 0 aliphatic carbocycles. The van der Waals surface area contributed by atoms with E-state index in [1.54, 1.807) is 6.07 Å². The predicted molar refractivity (Wildman–Crippen MR) is 60.2 cm³/mol. The summed E-state index contributed by atoms with van der Waals surface area (Å²) in [6, 6.07) is 5.66. The van der Waals surface area contributed by atoms with E-state index in [2.05, 4.69) is 0 Å². The second-order valence-electron chi connectivity index (χ2n) is 2.97. The van der Waals surface area contributed by atoms with Gasteiger partial charge >= 0.3 is 0 Å². The van der Waals surface area contributed by atoms with Crippen molar-refractivity contribution >= 4 is 29.4 Å². The maximum Gasteiger partial charge on any atom is 0.150 e. The van der Waals surface area contributed by atoms with E-state index < -0.39 is 11.6 Å². The van der Waals surface area contributed by atoms with Crippen LogP contribution in [0.1, 0.15) is 10.4 Å². The normalized spacial score (nSPS) is 10.4. The minimum Gasteiger partial charge on any atom is -0.298 e. The molecule has 0 saturated carbocycles. The Bertz CT molecular complexity index is 486. The van der Waals surface area contributed by atoms with Crippen LogP contribution in [0.5, 0.6) is 0 Å². The van der Waals surface area contributed by atoms with Crippen LogP contribution < -0.4 is 0 Å². The van der Waals surface area contributed by atoms with Gasteiger partial charge in [-0.2, -0.15) is 0 Å². The van der Waals surface area contributed by atoms with Gasteiger partial charge in [-0.3, -0.25) is 4.79 Å². The molecule has 1 nitrogen and oxygen atoms in total. The molecule has 0 N–H and O–H groups in total. The van der Waals surface area contributed by atoms with Gasteiger partial charge in [0.2, 0.25) is 0 Å². The zero-order valence-corrected chi connectivity index (χ0v) is 9.58. The highest BCUT2D eigenvalue weighted by atomic mass is 32.2. The second-order valence-corrected chi connectivity index (χ2v) is 5.22. The smallest absolute Gasteiger partial charge is 0.150 e. The molecule has 0 spiro atoms. The van der Waals surface area contributed by atoms with Crippen LogP contribution in [0.25, 0.3) is 0 Å². The fraction of sp³-hybridized carbons (Fsp3) is 0. The number of benzene rings is 1. The van der Waals surface area contributed by atoms with Gasteiger partial charge in [0.05, 0.1) is 9.10 Å². The van der Waals surface area contributed by atoms with E-state index in [0.29, 0.717) is 6.29 Å². The molecular weight excluding hydrogens is 250 g/mol. The third-order valence-corrected chi connectivity index (χ3v) is 3.99. The van der Waals surface area contributed by atoms with Crippen molar-refractivity contribution in [2.24, 2.45) is 0 Å². The van der Waals surface area contributed by atoms with Crippen molar-refractivity contribution < 1.29 is 13.6 Å². The van der Waals surface area contributed by atoms with Gasteiger partial charge in [0.15, 0.2) is 0 Å². The maximum atomic E-state index is 13.5. The van der Waals surface area contributed by atoms with Crippen LogP contribution in [0.3, 0.4) is 0 Å². The average molecular weight is 256 g/mol. The van der Waals surface area contributed by atoms with Gasteiger partial charge in [-0.05, 0) is 23.6 Å². The van der Waals surface area contributed by atoms with Crippen molar-refractivity contribution in [3.63, 3.8) is 0 Å². The Hall–Kier alpha value is -1.20. The molecule has 1 heterocycles. The lowest BCUT2D eigenvalue weighted by Crippen LogP contribution is -1.91. The Morgan fingerprint density at radius 3 is 2.44 bits per heavy atom. The van der Waals surface area contributed by atoms with Crippen LogP contribution in [-0.4, -0.2) is 6.29 Å². The largest absolute Gasteiger partial charge is 0.298 e. The standard InChI is InChI=1S/C11H6F2OS2/c12-8-4-7(6-14)5-9(13)11(8)16-10-2-1-3-15-10/h1-6H. The van der Waals surface area contributed by atoms with E-state index >= 15 is 0 Å². The lowest BCUT2D eigenvalue weighted by molar-refractivity contribution is 0.112. The van der Waals surface area contributed by atoms with Crippen molar-refractivity contribution in [1.29, 1.82) is 0 Å². The first-order valence-corrected chi connectivity index (χ1v) is 6.06. The molecule has 0 radical (unpaired) electrons. The lowest BCUT2D eigenvalue weighted by Gasteiger charge is -2.03. The summed E-state index contributed by atoms with van der Waals surface area (Å²) in [6.45, 7) is 0. The molecule has 0 atom stereocenters. The molecule has 1 aromatic carbocycles. The molecule has 0 bridgehead atoms. The molecule has 2 aromatic rings. The van der Waals surface area contributed by atoms with Gasteiger partial charge in [0.1, 0.15) is 17.9 Å². The van der Waals surface area contributed by atoms with E-state index in [9.17, 15) is 13.6 Å². The Balaban J connectivity index is 2.37. The third kappa shape index (κ3) is 2.31. The quantitative estimate of drug-likeness (QED) is 0.772. The predicted octanol–water partition coefficient (Wildman–Crippen LogP) is 3.99. The highest BCUT2D eigenvalue weighted by Crippen LogP contribution is 2.35. The van der Waals surface area contributed by atoms with Crippen LogP contribution >= 0.6 is 23.1 Å². The summed E-state index contributed by atoms with van der Waals surface area (Å²) in [6.07, 6.45) is 0.422. The van der Waals surface area contributed by atoms with Gasteiger partial charge in [0.25, 0.3) is 0 Å². The minimum absolute atomic E-state index is 0.00512. The Morgan fingerprint density at radius 1 is 1.25 bits per heavy atom. The number of aldehydes is 1. The van der Waals surface area contributed by atoms with Crippen LogP contribution in [-0.2, 0) is 0 Å².